The molecule has 19 heavy (non-hydrogen) atoms. The number of halogens is 1. The van der Waals surface area contributed by atoms with Crippen molar-refractivity contribution in [3.63, 3.8) is 0 Å². The lowest BCUT2D eigenvalue weighted by Gasteiger charge is -2.18. The first-order chi connectivity index (χ1) is 9.11. The molecule has 0 bridgehead atoms. The fourth-order valence-electron chi connectivity index (χ4n) is 2.38. The maximum atomic E-state index is 13.6. The molecule has 100 valence electrons. The van der Waals surface area contributed by atoms with Gasteiger partial charge < -0.3 is 5.32 Å². The first-order valence-corrected chi connectivity index (χ1v) is 6.71. The van der Waals surface area contributed by atoms with Gasteiger partial charge in [0.15, 0.2) is 0 Å². The largest absolute Gasteiger partial charge is 0.310 e. The molecule has 0 radical (unpaired) electrons. The summed E-state index contributed by atoms with van der Waals surface area (Å²) in [5.74, 6) is -0.191. The fourth-order valence-corrected chi connectivity index (χ4v) is 2.38. The van der Waals surface area contributed by atoms with E-state index in [-0.39, 0.29) is 11.9 Å². The lowest BCUT2D eigenvalue weighted by atomic mass is 9.94. The van der Waals surface area contributed by atoms with Gasteiger partial charge in [-0.15, -0.1) is 0 Å². The molecular formula is C17H20FN. The predicted molar refractivity (Wildman–Crippen MR) is 78.7 cm³/mol. The molecule has 1 nitrogen and oxygen atoms in total. The number of benzene rings is 2. The van der Waals surface area contributed by atoms with Crippen LogP contribution in [-0.2, 0) is 0 Å². The Morgan fingerprint density at radius 3 is 2.63 bits per heavy atom. The molecule has 0 heterocycles. The highest BCUT2D eigenvalue weighted by molar-refractivity contribution is 5.68. The molecule has 0 aliphatic rings. The topological polar surface area (TPSA) is 12.0 Å². The third kappa shape index (κ3) is 3.21. The van der Waals surface area contributed by atoms with Gasteiger partial charge in [-0.3, -0.25) is 0 Å². The summed E-state index contributed by atoms with van der Waals surface area (Å²) in [5.41, 5.74) is 4.36. The molecule has 2 aromatic carbocycles. The van der Waals surface area contributed by atoms with E-state index in [1.807, 2.05) is 18.2 Å². The smallest absolute Gasteiger partial charge is 0.123 e. The predicted octanol–water partition coefficient (Wildman–Crippen LogP) is 4.47. The number of nitrogens with one attached hydrogen (secondary N) is 1. The van der Waals surface area contributed by atoms with Crippen LogP contribution in [0.1, 0.15) is 31.0 Å². The number of aryl methyl sites for hydroxylation is 1. The molecule has 0 saturated carbocycles. The summed E-state index contributed by atoms with van der Waals surface area (Å²) in [6, 6.07) is 13.4. The quantitative estimate of drug-likeness (QED) is 0.852. The van der Waals surface area contributed by atoms with Crippen molar-refractivity contribution in [2.45, 2.75) is 26.8 Å². The zero-order valence-electron chi connectivity index (χ0n) is 11.7. The molecule has 0 aliphatic heterocycles. The average molecular weight is 257 g/mol. The summed E-state index contributed by atoms with van der Waals surface area (Å²) in [4.78, 5) is 0. The zero-order valence-corrected chi connectivity index (χ0v) is 11.7. The monoisotopic (exact) mass is 257 g/mol. The highest BCUT2D eigenvalue weighted by Gasteiger charge is 2.12. The maximum absolute atomic E-state index is 13.6. The Kier molecular flexibility index (Phi) is 4.33. The van der Waals surface area contributed by atoms with E-state index in [1.165, 1.54) is 11.6 Å². The van der Waals surface area contributed by atoms with Crippen molar-refractivity contribution in [3.05, 3.63) is 59.4 Å². The van der Waals surface area contributed by atoms with Crippen molar-refractivity contribution < 1.29 is 4.39 Å². The van der Waals surface area contributed by atoms with Crippen molar-refractivity contribution in [2.75, 3.05) is 6.54 Å². The molecule has 2 aromatic rings. The van der Waals surface area contributed by atoms with Gasteiger partial charge >= 0.3 is 0 Å². The second-order valence-electron chi connectivity index (χ2n) is 4.88. The minimum absolute atomic E-state index is 0.191. The molecule has 0 aliphatic carbocycles. The summed E-state index contributed by atoms with van der Waals surface area (Å²) < 4.78 is 13.6. The summed E-state index contributed by atoms with van der Waals surface area (Å²) in [6.45, 7) is 7.13. The van der Waals surface area contributed by atoms with Gasteiger partial charge in [-0.2, -0.15) is 0 Å². The normalized spacial score (nSPS) is 12.4. The molecule has 0 spiro atoms. The standard InChI is InChI=1S/C17H20FN/c1-4-19-13(3)16-9-8-15(18)11-17(16)14-7-5-6-12(2)10-14/h5-11,13,19H,4H2,1-3H3. The van der Waals surface area contributed by atoms with Crippen LogP contribution in [0.4, 0.5) is 4.39 Å². The molecular weight excluding hydrogens is 237 g/mol. The summed E-state index contributed by atoms with van der Waals surface area (Å²) in [7, 11) is 0. The molecule has 1 unspecified atom stereocenters. The van der Waals surface area contributed by atoms with E-state index in [9.17, 15) is 4.39 Å². The third-order valence-electron chi connectivity index (χ3n) is 3.32. The van der Waals surface area contributed by atoms with Gasteiger partial charge in [0, 0.05) is 6.04 Å². The number of rotatable bonds is 4. The van der Waals surface area contributed by atoms with Crippen molar-refractivity contribution in [3.8, 4) is 11.1 Å². The Hall–Kier alpha value is -1.67. The van der Waals surface area contributed by atoms with E-state index >= 15 is 0 Å². The summed E-state index contributed by atoms with van der Waals surface area (Å²) in [5, 5.41) is 3.38. The third-order valence-corrected chi connectivity index (χ3v) is 3.32. The maximum Gasteiger partial charge on any atom is 0.123 e. The van der Waals surface area contributed by atoms with Gasteiger partial charge in [-0.05, 0) is 49.2 Å². The molecule has 0 saturated heterocycles. The van der Waals surface area contributed by atoms with Crippen molar-refractivity contribution >= 4 is 0 Å². The fraction of sp³-hybridized carbons (Fsp3) is 0.294. The Bertz CT molecular complexity index is 563. The van der Waals surface area contributed by atoms with Crippen LogP contribution >= 0.6 is 0 Å². The van der Waals surface area contributed by atoms with Gasteiger partial charge in [0.2, 0.25) is 0 Å². The lowest BCUT2D eigenvalue weighted by Crippen LogP contribution is -2.18. The van der Waals surface area contributed by atoms with Crippen LogP contribution in [-0.4, -0.2) is 6.54 Å². The van der Waals surface area contributed by atoms with Crippen LogP contribution in [0.25, 0.3) is 11.1 Å². The Labute approximate surface area is 114 Å². The van der Waals surface area contributed by atoms with Crippen molar-refractivity contribution in [1.29, 1.82) is 0 Å². The summed E-state index contributed by atoms with van der Waals surface area (Å²) in [6.07, 6.45) is 0. The van der Waals surface area contributed by atoms with E-state index in [4.69, 9.17) is 0 Å². The van der Waals surface area contributed by atoms with Gasteiger partial charge in [-0.25, -0.2) is 4.39 Å². The Balaban J connectivity index is 2.51. The van der Waals surface area contributed by atoms with Crippen LogP contribution in [0, 0.1) is 12.7 Å². The van der Waals surface area contributed by atoms with Crippen molar-refractivity contribution in [2.24, 2.45) is 0 Å². The molecule has 1 atom stereocenters. The van der Waals surface area contributed by atoms with Crippen LogP contribution in [0.2, 0.25) is 0 Å². The van der Waals surface area contributed by atoms with E-state index < -0.39 is 0 Å². The Morgan fingerprint density at radius 1 is 1.16 bits per heavy atom. The SMILES string of the molecule is CCNC(C)c1ccc(F)cc1-c1cccc(C)c1. The van der Waals surface area contributed by atoms with Crippen LogP contribution in [0.3, 0.4) is 0 Å². The first-order valence-electron chi connectivity index (χ1n) is 6.71. The number of hydrogen-bond acceptors (Lipinski definition) is 1. The second-order valence-corrected chi connectivity index (χ2v) is 4.88. The molecule has 2 heteroatoms. The van der Waals surface area contributed by atoms with E-state index in [0.717, 1.165) is 23.2 Å². The molecule has 1 N–H and O–H groups in total. The molecule has 0 fully saturated rings. The van der Waals surface area contributed by atoms with Crippen LogP contribution in [0.5, 0.6) is 0 Å². The average Bonchev–Trinajstić information content (AvgIpc) is 2.39. The molecule has 2 rings (SSSR count). The van der Waals surface area contributed by atoms with Crippen molar-refractivity contribution in [1.82, 2.24) is 5.32 Å². The van der Waals surface area contributed by atoms with Gasteiger partial charge in [0.1, 0.15) is 5.82 Å². The highest BCUT2D eigenvalue weighted by atomic mass is 19.1. The second kappa shape index (κ2) is 5.98. The summed E-state index contributed by atoms with van der Waals surface area (Å²) >= 11 is 0. The first kappa shape index (κ1) is 13.8. The highest BCUT2D eigenvalue weighted by Crippen LogP contribution is 2.29. The minimum atomic E-state index is -0.191. The van der Waals surface area contributed by atoms with Gasteiger partial charge in [0.25, 0.3) is 0 Å². The van der Waals surface area contributed by atoms with E-state index in [0.29, 0.717) is 0 Å². The van der Waals surface area contributed by atoms with Crippen LogP contribution < -0.4 is 5.32 Å². The van der Waals surface area contributed by atoms with E-state index in [1.54, 1.807) is 6.07 Å². The Morgan fingerprint density at radius 2 is 1.95 bits per heavy atom. The minimum Gasteiger partial charge on any atom is -0.310 e. The number of hydrogen-bond donors (Lipinski definition) is 1. The van der Waals surface area contributed by atoms with Crippen LogP contribution in [0.15, 0.2) is 42.5 Å². The zero-order chi connectivity index (χ0) is 13.8. The molecule has 0 amide bonds. The van der Waals surface area contributed by atoms with E-state index in [2.05, 4.69) is 38.2 Å². The van der Waals surface area contributed by atoms with Gasteiger partial charge in [-0.1, -0.05) is 42.8 Å². The lowest BCUT2D eigenvalue weighted by molar-refractivity contribution is 0.593. The van der Waals surface area contributed by atoms with Gasteiger partial charge in [0.05, 0.1) is 0 Å². The molecule has 0 aromatic heterocycles.